The van der Waals surface area contributed by atoms with Crippen LogP contribution in [-0.2, 0) is 0 Å². The molecule has 1 aromatic heterocycles. The highest BCUT2D eigenvalue weighted by atomic mass is 14.8. The molecule has 136 valence electrons. The van der Waals surface area contributed by atoms with Gasteiger partial charge in [0.25, 0.3) is 0 Å². The highest BCUT2D eigenvalue weighted by Crippen LogP contribution is 2.13. The molecule has 0 aliphatic rings. The van der Waals surface area contributed by atoms with Crippen LogP contribution < -0.4 is 0 Å². The predicted molar refractivity (Wildman–Crippen MR) is 104 cm³/mol. The van der Waals surface area contributed by atoms with Gasteiger partial charge in [0.05, 0.1) is 6.33 Å². The Morgan fingerprint density at radius 1 is 0.565 bits per heavy atom. The topological polar surface area (TPSA) is 28.7 Å². The molecular formula is C21H42N2. The number of hydrogen-bond acceptors (Lipinski definition) is 1. The van der Waals surface area contributed by atoms with E-state index in [1.807, 2.05) is 0 Å². The summed E-state index contributed by atoms with van der Waals surface area (Å²) in [5, 5.41) is 0. The third-order valence-electron chi connectivity index (χ3n) is 4.36. The molecule has 1 N–H and O–H groups in total. The third-order valence-corrected chi connectivity index (χ3v) is 4.36. The minimum Gasteiger partial charge on any atom is -0.351 e. The Kier molecular flexibility index (Phi) is 20.5. The molecule has 0 saturated carbocycles. The first-order valence-electron chi connectivity index (χ1n) is 10.3. The monoisotopic (exact) mass is 322 g/mol. The summed E-state index contributed by atoms with van der Waals surface area (Å²) in [7, 11) is 0. The Morgan fingerprint density at radius 3 is 1.09 bits per heavy atom. The molecular weight excluding hydrogens is 280 g/mol. The number of hydrogen-bond donors (Lipinski definition) is 1. The van der Waals surface area contributed by atoms with E-state index in [0.29, 0.717) is 0 Å². The molecule has 23 heavy (non-hydrogen) atoms. The summed E-state index contributed by atoms with van der Waals surface area (Å²) in [5.74, 6) is 0. The summed E-state index contributed by atoms with van der Waals surface area (Å²) >= 11 is 0. The van der Waals surface area contributed by atoms with Gasteiger partial charge in [-0.05, 0) is 0 Å². The van der Waals surface area contributed by atoms with Crippen molar-refractivity contribution < 1.29 is 0 Å². The van der Waals surface area contributed by atoms with Crippen LogP contribution in [0.1, 0.15) is 117 Å². The molecule has 1 heterocycles. The molecule has 2 nitrogen and oxygen atoms in total. The maximum absolute atomic E-state index is 3.67. The van der Waals surface area contributed by atoms with E-state index < -0.39 is 0 Å². The molecule has 0 aliphatic carbocycles. The van der Waals surface area contributed by atoms with Crippen molar-refractivity contribution >= 4 is 0 Å². The summed E-state index contributed by atoms with van der Waals surface area (Å²) in [6.45, 7) is 4.59. The third kappa shape index (κ3) is 21.2. The lowest BCUT2D eigenvalue weighted by Crippen LogP contribution is -1.83. The standard InChI is InChI=1S/C18H38.C3H4N2/c1-3-5-7-9-11-13-15-17-18-16-14-12-10-8-6-4-2;1-2-5-3-4-1/h3-18H2,1-2H3;1-3H,(H,4,5). The number of H-pyrrole nitrogens is 1. The van der Waals surface area contributed by atoms with Gasteiger partial charge in [0, 0.05) is 12.4 Å². The van der Waals surface area contributed by atoms with E-state index in [0.717, 1.165) is 0 Å². The smallest absolute Gasteiger partial charge is 0.0919 e. The number of aromatic nitrogens is 2. The van der Waals surface area contributed by atoms with Gasteiger partial charge < -0.3 is 4.98 Å². The SMILES string of the molecule is CCCCCCCCCCCCCCCCCC.c1c[nH]cn1. The van der Waals surface area contributed by atoms with Crippen molar-refractivity contribution in [2.75, 3.05) is 0 Å². The van der Waals surface area contributed by atoms with Crippen molar-refractivity contribution in [3.05, 3.63) is 18.7 Å². The molecule has 0 spiro atoms. The first-order valence-corrected chi connectivity index (χ1v) is 10.3. The number of unbranched alkanes of at least 4 members (excludes halogenated alkanes) is 15. The van der Waals surface area contributed by atoms with Gasteiger partial charge in [-0.15, -0.1) is 0 Å². The van der Waals surface area contributed by atoms with Crippen LogP contribution in [0.3, 0.4) is 0 Å². The molecule has 0 atom stereocenters. The van der Waals surface area contributed by atoms with Crippen molar-refractivity contribution in [2.24, 2.45) is 0 Å². The van der Waals surface area contributed by atoms with Crippen molar-refractivity contribution in [3.63, 3.8) is 0 Å². The Morgan fingerprint density at radius 2 is 0.913 bits per heavy atom. The van der Waals surface area contributed by atoms with Gasteiger partial charge in [-0.25, -0.2) is 4.98 Å². The highest BCUT2D eigenvalue weighted by molar-refractivity contribution is 4.64. The molecule has 1 rings (SSSR count). The van der Waals surface area contributed by atoms with Crippen LogP contribution >= 0.6 is 0 Å². The van der Waals surface area contributed by atoms with Crippen LogP contribution in [0.25, 0.3) is 0 Å². The molecule has 0 radical (unpaired) electrons. The first-order chi connectivity index (χ1) is 11.4. The Hall–Kier alpha value is -0.790. The van der Waals surface area contributed by atoms with Crippen LogP contribution in [0.4, 0.5) is 0 Å². The summed E-state index contributed by atoms with van der Waals surface area (Å²) in [4.78, 5) is 6.42. The van der Waals surface area contributed by atoms with Crippen LogP contribution in [0.2, 0.25) is 0 Å². The van der Waals surface area contributed by atoms with Crippen LogP contribution in [0, 0.1) is 0 Å². The fraction of sp³-hybridized carbons (Fsp3) is 0.857. The van der Waals surface area contributed by atoms with Gasteiger partial charge in [0.1, 0.15) is 0 Å². The number of aromatic amines is 1. The molecule has 0 aliphatic heterocycles. The molecule has 0 fully saturated rings. The van der Waals surface area contributed by atoms with Crippen LogP contribution in [-0.4, -0.2) is 9.97 Å². The molecule has 2 heteroatoms. The van der Waals surface area contributed by atoms with E-state index in [4.69, 9.17) is 0 Å². The Labute approximate surface area is 145 Å². The van der Waals surface area contributed by atoms with Crippen LogP contribution in [0.5, 0.6) is 0 Å². The fourth-order valence-electron chi connectivity index (χ4n) is 2.84. The minimum atomic E-state index is 1.37. The molecule has 0 amide bonds. The minimum absolute atomic E-state index is 1.37. The zero-order valence-electron chi connectivity index (χ0n) is 16.0. The fourth-order valence-corrected chi connectivity index (χ4v) is 2.84. The number of nitrogens with one attached hydrogen (secondary N) is 1. The average molecular weight is 323 g/mol. The average Bonchev–Trinajstić information content (AvgIpc) is 3.15. The quantitative estimate of drug-likeness (QED) is 0.329. The number of nitrogens with zero attached hydrogens (tertiary/aromatic N) is 1. The van der Waals surface area contributed by atoms with E-state index in [-0.39, 0.29) is 0 Å². The van der Waals surface area contributed by atoms with E-state index in [1.54, 1.807) is 18.7 Å². The number of rotatable bonds is 15. The molecule has 0 aromatic carbocycles. The second-order valence-corrected chi connectivity index (χ2v) is 6.71. The van der Waals surface area contributed by atoms with Crippen molar-refractivity contribution in [3.8, 4) is 0 Å². The van der Waals surface area contributed by atoms with Gasteiger partial charge in [-0.1, -0.05) is 117 Å². The second kappa shape index (κ2) is 21.2. The Bertz CT molecular complexity index is 236. The lowest BCUT2D eigenvalue weighted by Gasteiger charge is -2.03. The summed E-state index contributed by atoms with van der Waals surface area (Å²) < 4.78 is 0. The largest absolute Gasteiger partial charge is 0.351 e. The van der Waals surface area contributed by atoms with Crippen molar-refractivity contribution in [1.82, 2.24) is 9.97 Å². The normalized spacial score (nSPS) is 10.3. The van der Waals surface area contributed by atoms with Crippen molar-refractivity contribution in [1.29, 1.82) is 0 Å². The summed E-state index contributed by atoms with van der Waals surface area (Å²) in [6.07, 6.45) is 28.5. The van der Waals surface area contributed by atoms with Crippen LogP contribution in [0.15, 0.2) is 18.7 Å². The van der Waals surface area contributed by atoms with E-state index >= 15 is 0 Å². The van der Waals surface area contributed by atoms with Gasteiger partial charge >= 0.3 is 0 Å². The molecule has 0 bridgehead atoms. The molecule has 0 saturated heterocycles. The molecule has 1 aromatic rings. The predicted octanol–water partition coefficient (Wildman–Crippen LogP) is 7.68. The van der Waals surface area contributed by atoms with Gasteiger partial charge in [0.15, 0.2) is 0 Å². The van der Waals surface area contributed by atoms with E-state index in [9.17, 15) is 0 Å². The van der Waals surface area contributed by atoms with E-state index in [1.165, 1.54) is 103 Å². The lowest BCUT2D eigenvalue weighted by atomic mass is 10.0. The number of imidazole rings is 1. The zero-order chi connectivity index (χ0) is 16.8. The molecule has 0 unspecified atom stereocenters. The van der Waals surface area contributed by atoms with E-state index in [2.05, 4.69) is 23.8 Å². The first kappa shape index (κ1) is 22.2. The van der Waals surface area contributed by atoms with Gasteiger partial charge in [-0.2, -0.15) is 0 Å². The van der Waals surface area contributed by atoms with Crippen molar-refractivity contribution in [2.45, 2.75) is 117 Å². The lowest BCUT2D eigenvalue weighted by molar-refractivity contribution is 0.531. The summed E-state index contributed by atoms with van der Waals surface area (Å²) in [5.41, 5.74) is 0. The highest BCUT2D eigenvalue weighted by Gasteiger charge is 1.93. The Balaban J connectivity index is 0.000000809. The van der Waals surface area contributed by atoms with Gasteiger partial charge in [0.2, 0.25) is 0 Å². The second-order valence-electron chi connectivity index (χ2n) is 6.71. The maximum atomic E-state index is 3.67. The maximum Gasteiger partial charge on any atom is 0.0919 e. The summed E-state index contributed by atoms with van der Waals surface area (Å²) in [6, 6.07) is 0. The van der Waals surface area contributed by atoms with Gasteiger partial charge in [-0.3, -0.25) is 0 Å². The zero-order valence-corrected chi connectivity index (χ0v) is 16.0.